The van der Waals surface area contributed by atoms with Crippen molar-refractivity contribution >= 4 is 40.7 Å². The Balaban J connectivity index is 1.40. The van der Waals surface area contributed by atoms with Gasteiger partial charge in [0.25, 0.3) is 0 Å². The van der Waals surface area contributed by atoms with Crippen molar-refractivity contribution in [1.29, 1.82) is 0 Å². The Bertz CT molecular complexity index is 1330. The number of benzene rings is 1. The molecular formula is C27H32ClN5O5S. The van der Waals surface area contributed by atoms with Crippen LogP contribution in [0.1, 0.15) is 44.2 Å². The van der Waals surface area contributed by atoms with Crippen LogP contribution in [0.4, 0.5) is 0 Å². The first-order valence-corrected chi connectivity index (χ1v) is 13.8. The van der Waals surface area contributed by atoms with Crippen LogP contribution >= 0.6 is 22.9 Å². The second kappa shape index (κ2) is 11.8. The van der Waals surface area contributed by atoms with Crippen LogP contribution in [0.2, 0.25) is 4.34 Å². The molecule has 0 radical (unpaired) electrons. The van der Waals surface area contributed by atoms with Gasteiger partial charge in [-0.3, -0.25) is 14.4 Å². The third-order valence-corrected chi connectivity index (χ3v) is 7.62. The number of hydrogen-bond donors (Lipinski definition) is 3. The summed E-state index contributed by atoms with van der Waals surface area (Å²) in [6.45, 7) is 7.50. The Morgan fingerprint density at radius 3 is 2.54 bits per heavy atom. The number of aliphatic hydroxyl groups is 1. The summed E-state index contributed by atoms with van der Waals surface area (Å²) in [5.41, 5.74) is 1.76. The van der Waals surface area contributed by atoms with Gasteiger partial charge in [-0.25, -0.2) is 0 Å². The Morgan fingerprint density at radius 1 is 1.23 bits per heavy atom. The molecule has 1 aliphatic heterocycles. The van der Waals surface area contributed by atoms with E-state index in [4.69, 9.17) is 16.1 Å². The lowest BCUT2D eigenvalue weighted by Gasteiger charge is -2.35. The third kappa shape index (κ3) is 7.23. The fraction of sp³-hybridized carbons (Fsp3) is 0.444. The number of carbonyl (C=O) groups excluding carboxylic acids is 3. The van der Waals surface area contributed by atoms with Crippen LogP contribution in [0.3, 0.4) is 0 Å². The molecule has 3 N–H and O–H groups in total. The molecule has 0 saturated carbocycles. The van der Waals surface area contributed by atoms with Crippen LogP contribution in [0, 0.1) is 12.3 Å². The molecule has 1 saturated heterocycles. The van der Waals surface area contributed by atoms with Crippen LogP contribution in [-0.2, 0) is 27.3 Å². The van der Waals surface area contributed by atoms with E-state index in [0.29, 0.717) is 16.1 Å². The Labute approximate surface area is 235 Å². The quantitative estimate of drug-likeness (QED) is 0.376. The summed E-state index contributed by atoms with van der Waals surface area (Å²) in [6.07, 6.45) is -0.640. The molecule has 0 spiro atoms. The normalized spacial score (nSPS) is 18.2. The Kier molecular flexibility index (Phi) is 8.73. The van der Waals surface area contributed by atoms with E-state index in [-0.39, 0.29) is 37.7 Å². The van der Waals surface area contributed by atoms with Gasteiger partial charge in [-0.05, 0) is 28.0 Å². The fourth-order valence-corrected chi connectivity index (χ4v) is 5.36. The number of carbonyl (C=O) groups is 3. The van der Waals surface area contributed by atoms with Crippen molar-refractivity contribution in [3.8, 4) is 11.4 Å². The zero-order chi connectivity index (χ0) is 28.3. The van der Waals surface area contributed by atoms with Crippen LogP contribution in [0.25, 0.3) is 11.4 Å². The third-order valence-electron chi connectivity index (χ3n) is 6.48. The van der Waals surface area contributed by atoms with E-state index in [1.165, 1.54) is 16.2 Å². The monoisotopic (exact) mass is 573 g/mol. The second-order valence-corrected chi connectivity index (χ2v) is 12.3. The zero-order valence-electron chi connectivity index (χ0n) is 22.2. The van der Waals surface area contributed by atoms with Crippen molar-refractivity contribution < 1.29 is 24.0 Å². The lowest BCUT2D eigenvalue weighted by molar-refractivity contribution is -0.144. The summed E-state index contributed by atoms with van der Waals surface area (Å²) in [7, 11) is 0. The van der Waals surface area contributed by atoms with Crippen molar-refractivity contribution in [3.63, 3.8) is 0 Å². The second-order valence-electron chi connectivity index (χ2n) is 10.8. The molecule has 3 heterocycles. The first-order chi connectivity index (χ1) is 18.4. The van der Waals surface area contributed by atoms with Crippen LogP contribution in [0.5, 0.6) is 0 Å². The average Bonchev–Trinajstić information content (AvgIpc) is 3.60. The van der Waals surface area contributed by atoms with E-state index in [1.54, 1.807) is 18.4 Å². The highest BCUT2D eigenvalue weighted by molar-refractivity contribution is 7.14. The van der Waals surface area contributed by atoms with Crippen molar-refractivity contribution in [2.45, 2.75) is 65.3 Å². The lowest BCUT2D eigenvalue weighted by atomic mass is 9.85. The van der Waals surface area contributed by atoms with E-state index < -0.39 is 29.5 Å². The Hall–Kier alpha value is -3.28. The van der Waals surface area contributed by atoms with Gasteiger partial charge in [0, 0.05) is 32.0 Å². The number of rotatable bonds is 8. The maximum Gasteiger partial charge on any atom is 0.246 e. The van der Waals surface area contributed by atoms with E-state index in [2.05, 4.69) is 20.8 Å². The summed E-state index contributed by atoms with van der Waals surface area (Å²) in [4.78, 5) is 45.2. The molecule has 208 valence electrons. The highest BCUT2D eigenvalue weighted by Crippen LogP contribution is 2.27. The van der Waals surface area contributed by atoms with Gasteiger partial charge < -0.3 is 25.2 Å². The molecule has 3 amide bonds. The average molecular weight is 574 g/mol. The molecule has 2 aromatic heterocycles. The van der Waals surface area contributed by atoms with E-state index in [1.807, 2.05) is 45.0 Å². The van der Waals surface area contributed by atoms with Gasteiger partial charge in [0.2, 0.25) is 29.4 Å². The number of halogens is 1. The molecular weight excluding hydrogens is 542 g/mol. The summed E-state index contributed by atoms with van der Waals surface area (Å²) in [5.74, 6) is -0.144. The number of amides is 3. The molecule has 0 aliphatic carbocycles. The van der Waals surface area contributed by atoms with Crippen LogP contribution in [-0.4, -0.2) is 62.6 Å². The van der Waals surface area contributed by atoms with Gasteiger partial charge in [-0.15, -0.1) is 11.3 Å². The standard InChI is InChI=1S/C27H32ClN5O5S/c1-15-30-24(32-38-15)18-7-5-16(6-8-18)12-29-25(36)20-11-19(34)13-33(20)26(37)23(27(2,3)4)31-22(35)10-17-9-21(28)39-14-17/h5-9,14,19-20,23,34H,10-13H2,1-4H3,(H,29,36)(H,31,35)/t19-,20+,23-/m1/s1. The molecule has 3 aromatic rings. The summed E-state index contributed by atoms with van der Waals surface area (Å²) >= 11 is 7.31. The molecule has 4 rings (SSSR count). The minimum absolute atomic E-state index is 0.0122. The highest BCUT2D eigenvalue weighted by Gasteiger charge is 2.44. The number of β-amino-alcohol motifs (C(OH)–C–C–N with tert-alkyl or cyclic N) is 1. The topological polar surface area (TPSA) is 138 Å². The number of hydrogen-bond acceptors (Lipinski definition) is 8. The molecule has 3 atom stereocenters. The van der Waals surface area contributed by atoms with Crippen LogP contribution < -0.4 is 10.6 Å². The zero-order valence-corrected chi connectivity index (χ0v) is 23.8. The number of nitrogens with zero attached hydrogens (tertiary/aromatic N) is 3. The van der Waals surface area contributed by atoms with Gasteiger partial charge in [-0.2, -0.15) is 4.98 Å². The number of thiophene rings is 1. The van der Waals surface area contributed by atoms with Gasteiger partial charge >= 0.3 is 0 Å². The van der Waals surface area contributed by atoms with Crippen molar-refractivity contribution in [2.75, 3.05) is 6.54 Å². The summed E-state index contributed by atoms with van der Waals surface area (Å²) < 4.78 is 5.59. The van der Waals surface area contributed by atoms with E-state index >= 15 is 0 Å². The SMILES string of the molecule is Cc1nc(-c2ccc(CNC(=O)[C@@H]3C[C@@H](O)CN3C(=O)[C@@H](NC(=O)Cc3csc(Cl)c3)C(C)(C)C)cc2)no1. The summed E-state index contributed by atoms with van der Waals surface area (Å²) in [5, 5.41) is 21.8. The number of likely N-dealkylation sites (tertiary alicyclic amines) is 1. The van der Waals surface area contributed by atoms with Gasteiger partial charge in [0.15, 0.2) is 0 Å². The highest BCUT2D eigenvalue weighted by atomic mass is 35.5. The van der Waals surface area contributed by atoms with Crippen molar-refractivity contribution in [2.24, 2.45) is 5.41 Å². The molecule has 0 unspecified atom stereocenters. The molecule has 0 bridgehead atoms. The number of nitrogens with one attached hydrogen (secondary N) is 2. The molecule has 1 fully saturated rings. The maximum atomic E-state index is 13.7. The van der Waals surface area contributed by atoms with Gasteiger partial charge in [0.05, 0.1) is 16.9 Å². The predicted octanol–water partition coefficient (Wildman–Crippen LogP) is 3.11. The molecule has 39 heavy (non-hydrogen) atoms. The van der Waals surface area contributed by atoms with Crippen molar-refractivity contribution in [3.05, 3.63) is 57.1 Å². The maximum absolute atomic E-state index is 13.7. The number of aryl methyl sites for hydroxylation is 1. The van der Waals surface area contributed by atoms with E-state index in [9.17, 15) is 19.5 Å². The lowest BCUT2D eigenvalue weighted by Crippen LogP contribution is -2.58. The smallest absolute Gasteiger partial charge is 0.246 e. The minimum atomic E-state index is -0.888. The largest absolute Gasteiger partial charge is 0.391 e. The fourth-order valence-electron chi connectivity index (χ4n) is 4.45. The molecule has 12 heteroatoms. The molecule has 1 aromatic carbocycles. The molecule has 10 nitrogen and oxygen atoms in total. The van der Waals surface area contributed by atoms with E-state index in [0.717, 1.165) is 16.7 Å². The van der Waals surface area contributed by atoms with Gasteiger partial charge in [-0.1, -0.05) is 61.8 Å². The first-order valence-electron chi connectivity index (χ1n) is 12.6. The van der Waals surface area contributed by atoms with Crippen LogP contribution in [0.15, 0.2) is 40.2 Å². The predicted molar refractivity (Wildman–Crippen MR) is 147 cm³/mol. The molecule has 1 aliphatic rings. The number of aromatic nitrogens is 2. The first kappa shape index (κ1) is 28.7. The van der Waals surface area contributed by atoms with Gasteiger partial charge in [0.1, 0.15) is 12.1 Å². The summed E-state index contributed by atoms with van der Waals surface area (Å²) in [6, 6.07) is 7.34. The van der Waals surface area contributed by atoms with Crippen molar-refractivity contribution in [1.82, 2.24) is 25.7 Å². The number of aliphatic hydroxyl groups excluding tert-OH is 1. The Morgan fingerprint density at radius 2 is 1.95 bits per heavy atom. The minimum Gasteiger partial charge on any atom is -0.391 e.